The fraction of sp³-hybridized carbons (Fsp3) is 0.667. The molecule has 0 saturated heterocycles. The van der Waals surface area contributed by atoms with Crippen molar-refractivity contribution in [3.63, 3.8) is 0 Å². The molecule has 2 atom stereocenters. The van der Waals surface area contributed by atoms with Crippen LogP contribution >= 0.6 is 11.6 Å². The number of hydrogen-bond acceptors (Lipinski definition) is 2. The molecular weight excluding hydrogens is 233 g/mol. The molecule has 1 rings (SSSR count). The van der Waals surface area contributed by atoms with E-state index in [0.717, 1.165) is 0 Å². The fourth-order valence-corrected chi connectivity index (χ4v) is 1.57. The minimum absolute atomic E-state index is 0.219. The second-order valence-electron chi connectivity index (χ2n) is 4.01. The monoisotopic (exact) mass is 242 g/mol. The first-order valence-corrected chi connectivity index (χ1v) is 4.62. The first-order chi connectivity index (χ1) is 6.71. The second-order valence-corrected chi connectivity index (χ2v) is 4.49. The van der Waals surface area contributed by atoms with Gasteiger partial charge in [-0.3, -0.25) is 4.79 Å². The molecule has 0 aromatic heterocycles. The predicted octanol–water partition coefficient (Wildman–Crippen LogP) is 2.87. The summed E-state index contributed by atoms with van der Waals surface area (Å²) in [6, 6.07) is 0. The average Bonchev–Trinajstić information content (AvgIpc) is 2.54. The van der Waals surface area contributed by atoms with Gasteiger partial charge >= 0.3 is 5.38 Å². The summed E-state index contributed by atoms with van der Waals surface area (Å²) in [5, 5.41) is -4.00. The molecule has 86 valence electrons. The van der Waals surface area contributed by atoms with E-state index < -0.39 is 28.6 Å². The van der Waals surface area contributed by atoms with Crippen LogP contribution in [0.15, 0.2) is 11.9 Å². The van der Waals surface area contributed by atoms with Crippen LogP contribution in [-0.2, 0) is 9.53 Å². The molecule has 1 aliphatic carbocycles. The van der Waals surface area contributed by atoms with Crippen molar-refractivity contribution in [2.24, 2.45) is 11.3 Å². The highest BCUT2D eigenvalue weighted by Gasteiger charge is 2.59. The SMILES string of the molecule is CC1(C)C(C=C(F)C(F)(F)Cl)C1OC=O. The Hall–Kier alpha value is -0.710. The Kier molecular flexibility index (Phi) is 3.05. The molecule has 0 spiro atoms. The summed E-state index contributed by atoms with van der Waals surface area (Å²) in [7, 11) is 0. The maximum atomic E-state index is 12.8. The molecule has 0 aliphatic heterocycles. The number of hydrogen-bond donors (Lipinski definition) is 0. The zero-order valence-electron chi connectivity index (χ0n) is 8.14. The molecule has 2 unspecified atom stereocenters. The van der Waals surface area contributed by atoms with Crippen molar-refractivity contribution >= 4 is 18.1 Å². The quantitative estimate of drug-likeness (QED) is 0.560. The van der Waals surface area contributed by atoms with Crippen molar-refractivity contribution in [2.75, 3.05) is 0 Å². The molecule has 0 heterocycles. The number of halogens is 4. The van der Waals surface area contributed by atoms with Gasteiger partial charge < -0.3 is 4.74 Å². The van der Waals surface area contributed by atoms with E-state index in [-0.39, 0.29) is 6.47 Å². The molecule has 2 nitrogen and oxygen atoms in total. The lowest BCUT2D eigenvalue weighted by atomic mass is 10.1. The number of allylic oxidation sites excluding steroid dienone is 1. The van der Waals surface area contributed by atoms with Gasteiger partial charge in [-0.1, -0.05) is 13.8 Å². The number of carbonyl (C=O) groups excluding carboxylic acids is 1. The summed E-state index contributed by atoms with van der Waals surface area (Å²) >= 11 is 4.49. The lowest BCUT2D eigenvalue weighted by Gasteiger charge is -2.03. The molecule has 6 heteroatoms. The van der Waals surface area contributed by atoms with Gasteiger partial charge in [-0.15, -0.1) is 0 Å². The van der Waals surface area contributed by atoms with Crippen molar-refractivity contribution in [2.45, 2.75) is 25.3 Å². The van der Waals surface area contributed by atoms with E-state index in [1.165, 1.54) is 0 Å². The molecule has 0 aromatic carbocycles. The summed E-state index contributed by atoms with van der Waals surface area (Å²) in [6.45, 7) is 3.58. The summed E-state index contributed by atoms with van der Waals surface area (Å²) < 4.78 is 42.0. The van der Waals surface area contributed by atoms with Gasteiger partial charge in [0.2, 0.25) is 0 Å². The maximum absolute atomic E-state index is 12.8. The van der Waals surface area contributed by atoms with Crippen LogP contribution < -0.4 is 0 Å². The van der Waals surface area contributed by atoms with Crippen LogP contribution in [0.25, 0.3) is 0 Å². The summed E-state index contributed by atoms with van der Waals surface area (Å²) in [6.07, 6.45) is 0.140. The Morgan fingerprint density at radius 3 is 2.47 bits per heavy atom. The van der Waals surface area contributed by atoms with Crippen LogP contribution in [-0.4, -0.2) is 18.0 Å². The Morgan fingerprint density at radius 1 is 1.53 bits per heavy atom. The van der Waals surface area contributed by atoms with Crippen LogP contribution in [0.5, 0.6) is 0 Å². The first-order valence-electron chi connectivity index (χ1n) is 4.25. The van der Waals surface area contributed by atoms with Crippen LogP contribution in [0.3, 0.4) is 0 Å². The van der Waals surface area contributed by atoms with Crippen LogP contribution in [0.4, 0.5) is 13.2 Å². The normalized spacial score (nSPS) is 29.9. The zero-order valence-corrected chi connectivity index (χ0v) is 8.89. The fourth-order valence-electron chi connectivity index (χ4n) is 1.50. The largest absolute Gasteiger partial charge is 0.463 e. The van der Waals surface area contributed by atoms with Gasteiger partial charge in [0, 0.05) is 11.3 Å². The summed E-state index contributed by atoms with van der Waals surface area (Å²) in [5.74, 6) is -2.27. The third-order valence-electron chi connectivity index (χ3n) is 2.61. The highest BCUT2D eigenvalue weighted by molar-refractivity contribution is 6.23. The van der Waals surface area contributed by atoms with Crippen LogP contribution in [0.1, 0.15) is 13.8 Å². The Balaban J connectivity index is 2.73. The van der Waals surface area contributed by atoms with Gasteiger partial charge in [-0.2, -0.15) is 8.78 Å². The highest BCUT2D eigenvalue weighted by atomic mass is 35.5. The number of rotatable bonds is 4. The highest BCUT2D eigenvalue weighted by Crippen LogP contribution is 2.55. The van der Waals surface area contributed by atoms with Crippen molar-refractivity contribution in [1.29, 1.82) is 0 Å². The molecule has 0 amide bonds. The van der Waals surface area contributed by atoms with Gasteiger partial charge in [-0.05, 0) is 17.7 Å². The zero-order chi connectivity index (χ0) is 11.9. The van der Waals surface area contributed by atoms with Gasteiger partial charge in [0.05, 0.1) is 0 Å². The Labute approximate surface area is 90.0 Å². The molecule has 0 bridgehead atoms. The maximum Gasteiger partial charge on any atom is 0.373 e. The molecule has 1 aliphatic rings. The van der Waals surface area contributed by atoms with E-state index in [0.29, 0.717) is 6.08 Å². The van der Waals surface area contributed by atoms with E-state index in [1.54, 1.807) is 13.8 Å². The average molecular weight is 243 g/mol. The lowest BCUT2D eigenvalue weighted by molar-refractivity contribution is -0.131. The number of ether oxygens (including phenoxy) is 1. The number of carbonyl (C=O) groups is 1. The molecule has 0 radical (unpaired) electrons. The van der Waals surface area contributed by atoms with Gasteiger partial charge in [0.25, 0.3) is 6.47 Å². The second kappa shape index (κ2) is 3.70. The summed E-state index contributed by atoms with van der Waals surface area (Å²) in [5.41, 5.74) is -0.527. The Bertz CT molecular complexity index is 296. The number of alkyl halides is 3. The van der Waals surface area contributed by atoms with Gasteiger partial charge in [0.15, 0.2) is 5.83 Å². The topological polar surface area (TPSA) is 26.3 Å². The van der Waals surface area contributed by atoms with Crippen molar-refractivity contribution in [1.82, 2.24) is 0 Å². The molecule has 1 saturated carbocycles. The van der Waals surface area contributed by atoms with E-state index >= 15 is 0 Å². The minimum Gasteiger partial charge on any atom is -0.463 e. The van der Waals surface area contributed by atoms with Crippen molar-refractivity contribution in [3.05, 3.63) is 11.9 Å². The molecular formula is C9H10ClF3O2. The molecule has 1 fully saturated rings. The van der Waals surface area contributed by atoms with Crippen molar-refractivity contribution in [3.8, 4) is 0 Å². The molecule has 0 N–H and O–H groups in total. The van der Waals surface area contributed by atoms with Crippen LogP contribution in [0, 0.1) is 11.3 Å². The van der Waals surface area contributed by atoms with E-state index in [9.17, 15) is 18.0 Å². The third kappa shape index (κ3) is 2.45. The first kappa shape index (κ1) is 12.4. The van der Waals surface area contributed by atoms with E-state index in [2.05, 4.69) is 16.3 Å². The van der Waals surface area contributed by atoms with E-state index in [4.69, 9.17) is 0 Å². The van der Waals surface area contributed by atoms with Gasteiger partial charge in [0.1, 0.15) is 6.10 Å². The smallest absolute Gasteiger partial charge is 0.373 e. The van der Waals surface area contributed by atoms with Gasteiger partial charge in [-0.25, -0.2) is 4.39 Å². The third-order valence-corrected chi connectivity index (χ3v) is 2.79. The minimum atomic E-state index is -4.00. The van der Waals surface area contributed by atoms with E-state index in [1.807, 2.05) is 0 Å². The predicted molar refractivity (Wildman–Crippen MR) is 48.2 cm³/mol. The van der Waals surface area contributed by atoms with Crippen molar-refractivity contribution < 1.29 is 22.7 Å². The lowest BCUT2D eigenvalue weighted by Crippen LogP contribution is -2.06. The molecule has 15 heavy (non-hydrogen) atoms. The standard InChI is InChI=1S/C9H10ClF3O2/c1-8(2)5(7(8)15-4-14)3-6(11)9(10,12)13/h3-5,7H,1-2H3. The van der Waals surface area contributed by atoms with Crippen LogP contribution in [0.2, 0.25) is 0 Å². The molecule has 0 aromatic rings. The Morgan fingerprint density at radius 2 is 2.07 bits per heavy atom. The summed E-state index contributed by atoms with van der Waals surface area (Å²) in [4.78, 5) is 10.1.